The van der Waals surface area contributed by atoms with Crippen molar-refractivity contribution in [2.24, 2.45) is 0 Å². The predicted molar refractivity (Wildman–Crippen MR) is 107 cm³/mol. The van der Waals surface area contributed by atoms with E-state index in [1.807, 2.05) is 44.2 Å². The molecule has 1 atom stereocenters. The van der Waals surface area contributed by atoms with Crippen LogP contribution in [0.1, 0.15) is 55.3 Å². The number of methoxy groups -OCH3 is 2. The first-order chi connectivity index (χ1) is 13.0. The summed E-state index contributed by atoms with van der Waals surface area (Å²) in [5.41, 5.74) is 2.82. The van der Waals surface area contributed by atoms with Gasteiger partial charge in [-0.2, -0.15) is 0 Å². The molecular formula is C23H29NO3. The predicted octanol–water partition coefficient (Wildman–Crippen LogP) is 4.70. The second-order valence-electron chi connectivity index (χ2n) is 7.41. The van der Waals surface area contributed by atoms with E-state index in [0.29, 0.717) is 11.5 Å². The molecule has 0 aliphatic heterocycles. The highest BCUT2D eigenvalue weighted by Gasteiger charge is 2.43. The Morgan fingerprint density at radius 3 is 2.22 bits per heavy atom. The lowest BCUT2D eigenvalue weighted by Crippen LogP contribution is -2.43. The van der Waals surface area contributed by atoms with Gasteiger partial charge in [0.2, 0.25) is 5.91 Å². The van der Waals surface area contributed by atoms with E-state index in [1.165, 1.54) is 0 Å². The third-order valence-electron chi connectivity index (χ3n) is 5.80. The molecule has 144 valence electrons. The fraction of sp³-hybridized carbons (Fsp3) is 0.435. The number of amides is 1. The molecule has 4 heteroatoms. The molecule has 1 unspecified atom stereocenters. The summed E-state index contributed by atoms with van der Waals surface area (Å²) in [6.07, 6.45) is 3.99. The Balaban J connectivity index is 1.87. The topological polar surface area (TPSA) is 47.6 Å². The van der Waals surface area contributed by atoms with Gasteiger partial charge < -0.3 is 14.8 Å². The van der Waals surface area contributed by atoms with Crippen LogP contribution >= 0.6 is 0 Å². The lowest BCUT2D eigenvalue weighted by Gasteiger charge is -2.30. The van der Waals surface area contributed by atoms with Crippen LogP contribution in [0.25, 0.3) is 0 Å². The van der Waals surface area contributed by atoms with Gasteiger partial charge in [0.05, 0.1) is 25.7 Å². The Kier molecular flexibility index (Phi) is 5.73. The van der Waals surface area contributed by atoms with Crippen molar-refractivity contribution in [1.29, 1.82) is 0 Å². The summed E-state index contributed by atoms with van der Waals surface area (Å²) < 4.78 is 10.8. The van der Waals surface area contributed by atoms with Gasteiger partial charge >= 0.3 is 0 Å². The number of nitrogens with one attached hydrogen (secondary N) is 1. The van der Waals surface area contributed by atoms with E-state index in [0.717, 1.165) is 42.4 Å². The van der Waals surface area contributed by atoms with Crippen LogP contribution in [0, 0.1) is 6.92 Å². The maximum atomic E-state index is 13.4. The van der Waals surface area contributed by atoms with Crippen LogP contribution < -0.4 is 14.8 Å². The van der Waals surface area contributed by atoms with E-state index < -0.39 is 5.41 Å². The first-order valence-electron chi connectivity index (χ1n) is 9.61. The second kappa shape index (κ2) is 8.03. The van der Waals surface area contributed by atoms with E-state index in [2.05, 4.69) is 17.4 Å². The van der Waals surface area contributed by atoms with E-state index >= 15 is 0 Å². The Bertz CT molecular complexity index is 795. The van der Waals surface area contributed by atoms with Gasteiger partial charge in [-0.1, -0.05) is 43.2 Å². The van der Waals surface area contributed by atoms with Crippen molar-refractivity contribution in [2.75, 3.05) is 14.2 Å². The normalized spacial score (nSPS) is 16.6. The fourth-order valence-corrected chi connectivity index (χ4v) is 4.26. The summed E-state index contributed by atoms with van der Waals surface area (Å²) in [6, 6.07) is 14.0. The van der Waals surface area contributed by atoms with Crippen molar-refractivity contribution in [3.8, 4) is 11.5 Å². The molecule has 0 radical (unpaired) electrons. The first-order valence-corrected chi connectivity index (χ1v) is 9.61. The molecule has 27 heavy (non-hydrogen) atoms. The molecule has 1 saturated carbocycles. The maximum Gasteiger partial charge on any atom is 0.231 e. The number of ether oxygens (including phenoxy) is 2. The minimum atomic E-state index is -0.417. The molecule has 0 spiro atoms. The van der Waals surface area contributed by atoms with Gasteiger partial charge in [-0.15, -0.1) is 0 Å². The standard InChI is InChI=1S/C23H29NO3/c1-16-14-20(26-3)21(27-4)15-19(16)17(2)24-22(25)23(12-8-9-13-23)18-10-6-5-7-11-18/h5-7,10-11,14-15,17H,8-9,12-13H2,1-4H3,(H,24,25). The average molecular weight is 367 g/mol. The van der Waals surface area contributed by atoms with E-state index in [-0.39, 0.29) is 11.9 Å². The van der Waals surface area contributed by atoms with Gasteiger partial charge in [-0.05, 0) is 55.5 Å². The van der Waals surface area contributed by atoms with E-state index in [9.17, 15) is 4.79 Å². The highest BCUT2D eigenvalue weighted by Crippen LogP contribution is 2.42. The number of hydrogen-bond donors (Lipinski definition) is 1. The third-order valence-corrected chi connectivity index (χ3v) is 5.80. The minimum Gasteiger partial charge on any atom is -0.493 e. The third kappa shape index (κ3) is 3.66. The molecule has 0 saturated heterocycles. The summed E-state index contributed by atoms with van der Waals surface area (Å²) >= 11 is 0. The second-order valence-corrected chi connectivity index (χ2v) is 7.41. The van der Waals surface area contributed by atoms with Crippen molar-refractivity contribution in [1.82, 2.24) is 5.32 Å². The van der Waals surface area contributed by atoms with Crippen molar-refractivity contribution in [3.05, 3.63) is 59.2 Å². The molecule has 1 aliphatic carbocycles. The zero-order chi connectivity index (χ0) is 19.4. The molecule has 1 aliphatic rings. The Labute approximate surface area is 161 Å². The van der Waals surface area contributed by atoms with Crippen molar-refractivity contribution in [2.45, 2.75) is 51.0 Å². The molecule has 1 amide bonds. The first kappa shape index (κ1) is 19.3. The molecule has 3 rings (SSSR count). The molecule has 2 aromatic rings. The lowest BCUT2D eigenvalue weighted by atomic mass is 9.77. The summed E-state index contributed by atoms with van der Waals surface area (Å²) in [5.74, 6) is 1.50. The van der Waals surface area contributed by atoms with Gasteiger partial charge in [0, 0.05) is 0 Å². The smallest absolute Gasteiger partial charge is 0.231 e. The Hall–Kier alpha value is -2.49. The summed E-state index contributed by atoms with van der Waals surface area (Å²) in [7, 11) is 3.26. The van der Waals surface area contributed by atoms with Gasteiger partial charge in [0.15, 0.2) is 11.5 Å². The van der Waals surface area contributed by atoms with Crippen molar-refractivity contribution in [3.63, 3.8) is 0 Å². The zero-order valence-corrected chi connectivity index (χ0v) is 16.7. The highest BCUT2D eigenvalue weighted by molar-refractivity contribution is 5.89. The monoisotopic (exact) mass is 367 g/mol. The number of hydrogen-bond acceptors (Lipinski definition) is 3. The Morgan fingerprint density at radius 1 is 1.04 bits per heavy atom. The Morgan fingerprint density at radius 2 is 1.63 bits per heavy atom. The van der Waals surface area contributed by atoms with Crippen LogP contribution in [0.2, 0.25) is 0 Å². The number of carbonyl (C=O) groups excluding carboxylic acids is 1. The van der Waals surface area contributed by atoms with Crippen LogP contribution in [-0.2, 0) is 10.2 Å². The molecular weight excluding hydrogens is 338 g/mol. The van der Waals surface area contributed by atoms with E-state index in [1.54, 1.807) is 14.2 Å². The SMILES string of the molecule is COc1cc(C)c(C(C)NC(=O)C2(c3ccccc3)CCCC2)cc1OC. The molecule has 0 aromatic heterocycles. The van der Waals surface area contributed by atoms with E-state index in [4.69, 9.17) is 9.47 Å². The summed E-state index contributed by atoms with van der Waals surface area (Å²) in [4.78, 5) is 13.4. The molecule has 2 aromatic carbocycles. The van der Waals surface area contributed by atoms with Crippen molar-refractivity contribution >= 4 is 5.91 Å². The zero-order valence-electron chi connectivity index (χ0n) is 16.7. The van der Waals surface area contributed by atoms with Gasteiger partial charge in [-0.25, -0.2) is 0 Å². The highest BCUT2D eigenvalue weighted by atomic mass is 16.5. The van der Waals surface area contributed by atoms with Crippen LogP contribution in [0.15, 0.2) is 42.5 Å². The largest absolute Gasteiger partial charge is 0.493 e. The average Bonchev–Trinajstić information content (AvgIpc) is 3.19. The molecule has 0 bridgehead atoms. The van der Waals surface area contributed by atoms with Crippen LogP contribution in [-0.4, -0.2) is 20.1 Å². The fourth-order valence-electron chi connectivity index (χ4n) is 4.26. The number of benzene rings is 2. The van der Waals surface area contributed by atoms with Crippen LogP contribution in [0.3, 0.4) is 0 Å². The van der Waals surface area contributed by atoms with Gasteiger partial charge in [-0.3, -0.25) is 4.79 Å². The number of rotatable bonds is 6. The molecule has 1 N–H and O–H groups in total. The maximum absolute atomic E-state index is 13.4. The quantitative estimate of drug-likeness (QED) is 0.805. The van der Waals surface area contributed by atoms with Gasteiger partial charge in [0.1, 0.15) is 0 Å². The molecule has 1 fully saturated rings. The number of carbonyl (C=O) groups is 1. The van der Waals surface area contributed by atoms with Gasteiger partial charge in [0.25, 0.3) is 0 Å². The van der Waals surface area contributed by atoms with Crippen molar-refractivity contribution < 1.29 is 14.3 Å². The minimum absolute atomic E-state index is 0.113. The summed E-state index contributed by atoms with van der Waals surface area (Å²) in [5, 5.41) is 3.27. The lowest BCUT2D eigenvalue weighted by molar-refractivity contribution is -0.127. The van der Waals surface area contributed by atoms with Crippen LogP contribution in [0.5, 0.6) is 11.5 Å². The summed E-state index contributed by atoms with van der Waals surface area (Å²) in [6.45, 7) is 4.06. The number of aryl methyl sites for hydroxylation is 1. The molecule has 0 heterocycles. The van der Waals surface area contributed by atoms with Crippen LogP contribution in [0.4, 0.5) is 0 Å². The molecule has 4 nitrogen and oxygen atoms in total.